The van der Waals surface area contributed by atoms with Gasteiger partial charge in [-0.05, 0) is 43.2 Å². The number of benzene rings is 2. The number of amides is 1. The predicted molar refractivity (Wildman–Crippen MR) is 132 cm³/mol. The third-order valence-electron chi connectivity index (χ3n) is 4.75. The Morgan fingerprint density at radius 1 is 1.09 bits per heavy atom. The molecule has 0 unspecified atom stereocenters. The van der Waals surface area contributed by atoms with Gasteiger partial charge in [-0.15, -0.1) is 11.3 Å². The first kappa shape index (κ1) is 24.6. The summed E-state index contributed by atoms with van der Waals surface area (Å²) in [5.41, 5.74) is 2.19. The number of nitrogens with one attached hydrogen (secondary N) is 1. The topological polar surface area (TPSA) is 97.7 Å². The number of carbonyl (C=O) groups is 2. The Morgan fingerprint density at radius 2 is 1.85 bits per heavy atom. The van der Waals surface area contributed by atoms with Crippen molar-refractivity contribution < 1.29 is 23.8 Å². The Morgan fingerprint density at radius 3 is 2.50 bits per heavy atom. The highest BCUT2D eigenvalue weighted by molar-refractivity contribution is 7.15. The molecule has 1 heterocycles. The minimum absolute atomic E-state index is 0.129. The molecular weight excluding hydrogens is 452 g/mol. The summed E-state index contributed by atoms with van der Waals surface area (Å²) >= 11 is 1.20. The van der Waals surface area contributed by atoms with Crippen LogP contribution in [0.25, 0.3) is 17.2 Å². The highest BCUT2D eigenvalue weighted by Gasteiger charge is 2.23. The van der Waals surface area contributed by atoms with Gasteiger partial charge in [-0.2, -0.15) is 5.26 Å². The summed E-state index contributed by atoms with van der Waals surface area (Å²) in [7, 11) is 1.52. The fourth-order valence-electron chi connectivity index (χ4n) is 3.22. The molecule has 0 radical (unpaired) electrons. The Balaban J connectivity index is 1.93. The summed E-state index contributed by atoms with van der Waals surface area (Å²) in [6.45, 7) is 4.25. The van der Waals surface area contributed by atoms with Gasteiger partial charge in [-0.25, -0.2) is 4.79 Å². The number of nitriles is 1. The van der Waals surface area contributed by atoms with Crippen LogP contribution in [0, 0.1) is 11.3 Å². The van der Waals surface area contributed by atoms with E-state index in [4.69, 9.17) is 14.2 Å². The molecule has 1 amide bonds. The number of rotatable bonds is 9. The minimum Gasteiger partial charge on any atom is -0.493 e. The van der Waals surface area contributed by atoms with Crippen molar-refractivity contribution in [1.82, 2.24) is 0 Å². The average molecular weight is 477 g/mol. The summed E-state index contributed by atoms with van der Waals surface area (Å²) in [6.07, 6.45) is 1.45. The number of anilines is 1. The number of nitrogens with zero attached hydrogens (tertiary/aromatic N) is 1. The molecule has 3 rings (SSSR count). The van der Waals surface area contributed by atoms with Crippen molar-refractivity contribution >= 4 is 34.3 Å². The van der Waals surface area contributed by atoms with Crippen LogP contribution in [0.1, 0.15) is 29.8 Å². The van der Waals surface area contributed by atoms with E-state index in [0.717, 1.165) is 5.56 Å². The molecule has 8 heteroatoms. The molecule has 7 nitrogen and oxygen atoms in total. The van der Waals surface area contributed by atoms with Crippen molar-refractivity contribution in [2.24, 2.45) is 0 Å². The maximum Gasteiger partial charge on any atom is 0.341 e. The monoisotopic (exact) mass is 476 g/mol. The third kappa shape index (κ3) is 5.63. The van der Waals surface area contributed by atoms with Crippen molar-refractivity contribution in [3.05, 3.63) is 70.6 Å². The number of carbonyl (C=O) groups excluding carboxylic acids is 2. The largest absolute Gasteiger partial charge is 0.493 e. The van der Waals surface area contributed by atoms with E-state index < -0.39 is 11.9 Å². The maximum absolute atomic E-state index is 12.9. The van der Waals surface area contributed by atoms with E-state index in [1.807, 2.05) is 43.3 Å². The molecule has 0 bridgehead atoms. The van der Waals surface area contributed by atoms with Crippen LogP contribution in [-0.4, -0.2) is 32.2 Å². The van der Waals surface area contributed by atoms with Gasteiger partial charge in [0, 0.05) is 10.9 Å². The molecule has 0 atom stereocenters. The average Bonchev–Trinajstić information content (AvgIpc) is 3.27. The lowest BCUT2D eigenvalue weighted by molar-refractivity contribution is -0.112. The third-order valence-corrected chi connectivity index (χ3v) is 5.64. The molecule has 0 fully saturated rings. The second-order valence-corrected chi connectivity index (χ2v) is 7.79. The fraction of sp³-hybridized carbons (Fsp3) is 0.192. The van der Waals surface area contributed by atoms with Crippen LogP contribution < -0.4 is 14.8 Å². The first-order chi connectivity index (χ1) is 16.5. The van der Waals surface area contributed by atoms with Gasteiger partial charge < -0.3 is 19.5 Å². The van der Waals surface area contributed by atoms with Gasteiger partial charge in [0.2, 0.25) is 0 Å². The summed E-state index contributed by atoms with van der Waals surface area (Å²) in [6, 6.07) is 16.4. The van der Waals surface area contributed by atoms with Crippen LogP contribution in [0.3, 0.4) is 0 Å². The molecule has 0 aliphatic rings. The lowest BCUT2D eigenvalue weighted by Gasteiger charge is -2.10. The highest BCUT2D eigenvalue weighted by atomic mass is 32.1. The van der Waals surface area contributed by atoms with Crippen LogP contribution in [-0.2, 0) is 9.53 Å². The van der Waals surface area contributed by atoms with Crippen molar-refractivity contribution in [3.63, 3.8) is 0 Å². The van der Waals surface area contributed by atoms with Crippen molar-refractivity contribution in [2.45, 2.75) is 13.8 Å². The molecule has 0 saturated carbocycles. The zero-order valence-electron chi connectivity index (χ0n) is 19.1. The van der Waals surface area contributed by atoms with E-state index in [1.54, 1.807) is 30.5 Å². The van der Waals surface area contributed by atoms with Crippen LogP contribution in [0.2, 0.25) is 0 Å². The second-order valence-electron chi connectivity index (χ2n) is 6.91. The lowest BCUT2D eigenvalue weighted by Crippen LogP contribution is -2.16. The molecular formula is C26H24N2O5S. The Hall–Kier alpha value is -4.09. The normalized spacial score (nSPS) is 10.8. The van der Waals surface area contributed by atoms with Gasteiger partial charge in [0.25, 0.3) is 5.91 Å². The number of thiophene rings is 1. The summed E-state index contributed by atoms with van der Waals surface area (Å²) in [5.74, 6) is -0.126. The van der Waals surface area contributed by atoms with E-state index >= 15 is 0 Å². The van der Waals surface area contributed by atoms with Gasteiger partial charge in [-0.3, -0.25) is 4.79 Å². The number of hydrogen-bond donors (Lipinski definition) is 1. The van der Waals surface area contributed by atoms with Gasteiger partial charge in [0.1, 0.15) is 22.2 Å². The summed E-state index contributed by atoms with van der Waals surface area (Å²) in [5, 5.41) is 14.4. The standard InChI is InChI=1S/C26H24N2O5S/c1-4-32-21-12-11-17(14-22(21)31-3)13-19(15-27)24(29)28-25-23(26(30)33-5-2)20(16-34-25)18-9-7-6-8-10-18/h6-14,16H,4-5H2,1-3H3,(H,28,29). The van der Waals surface area contributed by atoms with Crippen molar-refractivity contribution in [1.29, 1.82) is 5.26 Å². The lowest BCUT2D eigenvalue weighted by atomic mass is 10.0. The molecule has 1 aromatic heterocycles. The molecule has 0 saturated heterocycles. The molecule has 34 heavy (non-hydrogen) atoms. The molecule has 174 valence electrons. The quantitative estimate of drug-likeness (QED) is 0.247. The molecule has 3 aromatic rings. The number of methoxy groups -OCH3 is 1. The highest BCUT2D eigenvalue weighted by Crippen LogP contribution is 2.36. The zero-order valence-corrected chi connectivity index (χ0v) is 19.9. The SMILES string of the molecule is CCOC(=O)c1c(-c2ccccc2)csc1NC(=O)C(C#N)=Cc1ccc(OCC)c(OC)c1. The minimum atomic E-state index is -0.637. The number of hydrogen-bond acceptors (Lipinski definition) is 7. The summed E-state index contributed by atoms with van der Waals surface area (Å²) in [4.78, 5) is 25.7. The van der Waals surface area contributed by atoms with E-state index in [0.29, 0.717) is 34.2 Å². The predicted octanol–water partition coefficient (Wildman–Crippen LogP) is 5.54. The number of ether oxygens (including phenoxy) is 3. The van der Waals surface area contributed by atoms with Crippen LogP contribution in [0.15, 0.2) is 59.5 Å². The smallest absolute Gasteiger partial charge is 0.341 e. The van der Waals surface area contributed by atoms with Gasteiger partial charge in [-0.1, -0.05) is 36.4 Å². The zero-order chi connectivity index (χ0) is 24.5. The Labute approximate surface area is 202 Å². The molecule has 2 aromatic carbocycles. The van der Waals surface area contributed by atoms with E-state index in [1.165, 1.54) is 24.5 Å². The molecule has 0 aliphatic carbocycles. The van der Waals surface area contributed by atoms with E-state index in [-0.39, 0.29) is 17.7 Å². The van der Waals surface area contributed by atoms with Crippen molar-refractivity contribution in [3.8, 4) is 28.7 Å². The molecule has 1 N–H and O–H groups in total. The summed E-state index contributed by atoms with van der Waals surface area (Å²) < 4.78 is 16.1. The maximum atomic E-state index is 12.9. The van der Waals surface area contributed by atoms with Crippen LogP contribution >= 0.6 is 11.3 Å². The molecule has 0 spiro atoms. The fourth-order valence-corrected chi connectivity index (χ4v) is 4.17. The van der Waals surface area contributed by atoms with Crippen LogP contribution in [0.5, 0.6) is 11.5 Å². The Kier molecular flexibility index (Phi) is 8.43. The molecule has 0 aliphatic heterocycles. The van der Waals surface area contributed by atoms with E-state index in [2.05, 4.69) is 5.32 Å². The Bertz CT molecular complexity index is 1240. The van der Waals surface area contributed by atoms with Gasteiger partial charge >= 0.3 is 5.97 Å². The van der Waals surface area contributed by atoms with Gasteiger partial charge in [0.05, 0.1) is 20.3 Å². The number of esters is 1. The van der Waals surface area contributed by atoms with Gasteiger partial charge in [0.15, 0.2) is 11.5 Å². The van der Waals surface area contributed by atoms with Crippen LogP contribution in [0.4, 0.5) is 5.00 Å². The second kappa shape index (κ2) is 11.7. The first-order valence-electron chi connectivity index (χ1n) is 10.6. The van der Waals surface area contributed by atoms with Crippen molar-refractivity contribution in [2.75, 3.05) is 25.6 Å². The van der Waals surface area contributed by atoms with E-state index in [9.17, 15) is 14.9 Å². The first-order valence-corrected chi connectivity index (χ1v) is 11.5.